The van der Waals surface area contributed by atoms with Crippen molar-refractivity contribution in [3.8, 4) is 0 Å². The molecular formula is C46H75NO21. The number of aliphatic hydroxyl groups is 5. The van der Waals surface area contributed by atoms with Gasteiger partial charge in [-0.25, -0.2) is 9.59 Å². The minimum Gasteiger partial charge on any atom is -0.479 e. The average molecular weight is 978 g/mol. The molecule has 7 N–H and O–H groups in total. The van der Waals surface area contributed by atoms with Crippen LogP contribution in [0.1, 0.15) is 93.9 Å². The minimum absolute atomic E-state index is 0.0460. The van der Waals surface area contributed by atoms with Crippen molar-refractivity contribution in [1.29, 1.82) is 0 Å². The summed E-state index contributed by atoms with van der Waals surface area (Å²) in [6, 6.07) is -0.782. The Kier molecular flexibility index (Phi) is 24.8. The Balaban J connectivity index is 0.00000142. The first kappa shape index (κ1) is 60.2. The van der Waals surface area contributed by atoms with Crippen LogP contribution in [0.25, 0.3) is 0 Å². The van der Waals surface area contributed by atoms with Gasteiger partial charge in [-0.3, -0.25) is 14.4 Å². The van der Waals surface area contributed by atoms with E-state index >= 15 is 0 Å². The smallest absolute Gasteiger partial charge is 0.335 e. The number of likely N-dealkylation sites (N-methyl/N-ethyl adjacent to an activating group) is 1. The molecule has 22 heteroatoms. The first-order valence-corrected chi connectivity index (χ1v) is 22.7. The van der Waals surface area contributed by atoms with Crippen molar-refractivity contribution in [2.75, 3.05) is 21.2 Å². The van der Waals surface area contributed by atoms with Gasteiger partial charge < -0.3 is 83.3 Å². The summed E-state index contributed by atoms with van der Waals surface area (Å²) in [6.45, 7) is 13.5. The molecule has 2 fully saturated rings. The van der Waals surface area contributed by atoms with Crippen LogP contribution >= 0.6 is 0 Å². The highest BCUT2D eigenvalue weighted by Crippen LogP contribution is 2.38. The van der Waals surface area contributed by atoms with Crippen molar-refractivity contribution in [2.24, 2.45) is 17.8 Å². The molecule has 0 aromatic carbocycles. The molecule has 0 amide bonds. The Bertz CT molecular complexity index is 1670. The number of carbonyl (C=O) groups is 6. The van der Waals surface area contributed by atoms with E-state index in [1.807, 2.05) is 20.8 Å². The second kappa shape index (κ2) is 28.0. The largest absolute Gasteiger partial charge is 0.479 e. The first-order chi connectivity index (χ1) is 31.6. The average Bonchev–Trinajstić information content (AvgIpc) is 3.21. The molecule has 3 unspecified atom stereocenters. The summed E-state index contributed by atoms with van der Waals surface area (Å²) in [6.07, 6.45) is -8.64. The Labute approximate surface area is 397 Å². The fourth-order valence-corrected chi connectivity index (χ4v) is 8.35. The Hall–Kier alpha value is -3.94. The maximum Gasteiger partial charge on any atom is 0.335 e. The number of aliphatic hydroxyl groups excluding tert-OH is 4. The predicted molar refractivity (Wildman–Crippen MR) is 237 cm³/mol. The van der Waals surface area contributed by atoms with E-state index in [-0.39, 0.29) is 31.6 Å². The second-order valence-corrected chi connectivity index (χ2v) is 18.5. The number of aliphatic carboxylic acids is 2. The summed E-state index contributed by atoms with van der Waals surface area (Å²) >= 11 is 0. The molecule has 3 aliphatic heterocycles. The number of carbonyl (C=O) groups excluding carboxylic acids is 4. The molecule has 22 nitrogen and oxygen atoms in total. The van der Waals surface area contributed by atoms with E-state index in [4.69, 9.17) is 58.3 Å². The van der Waals surface area contributed by atoms with Crippen LogP contribution in [-0.2, 0) is 66.7 Å². The fourth-order valence-electron chi connectivity index (χ4n) is 8.35. The van der Waals surface area contributed by atoms with Crippen molar-refractivity contribution in [3.05, 3.63) is 24.3 Å². The summed E-state index contributed by atoms with van der Waals surface area (Å²) in [5.41, 5.74) is -1.50. The standard InChI is InChI=1S/C42H69NO15.C4H6O6/c1-23(2)19-32(47)56-40-27(6)53-34(22-42(40,8)50)57-37-26(5)54-41(36(49)35(37)43(9)10)58-38-29(17-18-44)20-24(3)30(46)16-14-12-13-15-25(4)52-33(48)21-31(39(38)51-11)55-28(7)45;5-1(3(7)8)2(6)4(9)10/h12-14,16,18,23-27,29-31,34-41,46,49-50H,15,17,19-22H2,1-11H3;1-2,5-6H,(H,7,8)(H,9,10)/b13-12+,16-14+;/t24-,25-,26-,27+,29+,30+,31-,34+,35-,36-,37-,38+,39?,40-,41+,42-;/m1./s1. The lowest BCUT2D eigenvalue weighted by atomic mass is 9.82. The van der Waals surface area contributed by atoms with Crippen molar-refractivity contribution in [3.63, 3.8) is 0 Å². The Morgan fingerprint density at radius 3 is 2.06 bits per heavy atom. The maximum atomic E-state index is 13.2. The molecule has 0 spiro atoms. The van der Waals surface area contributed by atoms with Gasteiger partial charge in [-0.1, -0.05) is 45.1 Å². The monoisotopic (exact) mass is 977 g/mol. The van der Waals surface area contributed by atoms with Crippen LogP contribution in [0.2, 0.25) is 0 Å². The summed E-state index contributed by atoms with van der Waals surface area (Å²) in [7, 11) is 4.86. The van der Waals surface area contributed by atoms with E-state index in [0.717, 1.165) is 0 Å². The number of nitrogens with zero attached hydrogens (tertiary/aromatic N) is 1. The molecule has 3 heterocycles. The van der Waals surface area contributed by atoms with E-state index in [1.165, 1.54) is 14.0 Å². The zero-order chi connectivity index (χ0) is 51.8. The number of esters is 3. The van der Waals surface area contributed by atoms with Crippen LogP contribution in [-0.4, -0.2) is 195 Å². The summed E-state index contributed by atoms with van der Waals surface area (Å²) in [5, 5.41) is 67.1. The third-order valence-corrected chi connectivity index (χ3v) is 11.7. The SMILES string of the molecule is COC1[C@@H](O[C@@H]2O[C@H](C)[C@@H](O[C@H]3C[C@@](C)(O)[C@H](OC(=O)CC(C)C)[C@H](C)O3)[C@H](N(C)C)[C@H]2O)[C@@H](CC=O)C[C@@H](C)[C@@H](O)/C=C/C=C/C[C@@H](C)OC(=O)C[C@H]1OC(C)=O.O=C(O)C(O)C(O)C(=O)O. The van der Waals surface area contributed by atoms with E-state index in [9.17, 15) is 44.1 Å². The number of carboxylic acids is 2. The lowest BCUT2D eigenvalue weighted by Gasteiger charge is -2.50. The highest BCUT2D eigenvalue weighted by Gasteiger charge is 2.53. The first-order valence-electron chi connectivity index (χ1n) is 22.7. The molecule has 0 radical (unpaired) electrons. The summed E-state index contributed by atoms with van der Waals surface area (Å²) in [5.74, 6) is -6.36. The van der Waals surface area contributed by atoms with E-state index < -0.39 is 146 Å². The third-order valence-electron chi connectivity index (χ3n) is 11.7. The molecular weight excluding hydrogens is 902 g/mol. The lowest BCUT2D eigenvalue weighted by Crippen LogP contribution is -2.66. The fraction of sp³-hybridized carbons (Fsp3) is 0.783. The van der Waals surface area contributed by atoms with Gasteiger partial charge in [-0.05, 0) is 66.0 Å². The molecule has 0 aromatic heterocycles. The summed E-state index contributed by atoms with van der Waals surface area (Å²) in [4.78, 5) is 71.8. The van der Waals surface area contributed by atoms with Gasteiger partial charge in [0.1, 0.15) is 42.4 Å². The molecule has 68 heavy (non-hydrogen) atoms. The van der Waals surface area contributed by atoms with Crippen molar-refractivity contribution in [1.82, 2.24) is 4.90 Å². The third kappa shape index (κ3) is 18.4. The van der Waals surface area contributed by atoms with Crippen LogP contribution in [0.5, 0.6) is 0 Å². The van der Waals surface area contributed by atoms with E-state index in [0.29, 0.717) is 12.7 Å². The van der Waals surface area contributed by atoms with Gasteiger partial charge in [-0.2, -0.15) is 0 Å². The van der Waals surface area contributed by atoms with Crippen LogP contribution in [0.3, 0.4) is 0 Å². The van der Waals surface area contributed by atoms with Crippen LogP contribution in [0.4, 0.5) is 0 Å². The molecule has 0 saturated carbocycles. The number of ether oxygens (including phenoxy) is 8. The van der Waals surface area contributed by atoms with Gasteiger partial charge in [0.2, 0.25) is 0 Å². The van der Waals surface area contributed by atoms with Crippen molar-refractivity contribution in [2.45, 2.75) is 191 Å². The van der Waals surface area contributed by atoms with Crippen LogP contribution in [0.15, 0.2) is 24.3 Å². The van der Waals surface area contributed by atoms with Crippen molar-refractivity contribution < 1.29 is 102 Å². The number of allylic oxidation sites excluding steroid dienone is 2. The van der Waals surface area contributed by atoms with Gasteiger partial charge in [0.15, 0.2) is 30.9 Å². The quantitative estimate of drug-likeness (QED) is 0.0681. The van der Waals surface area contributed by atoms with Gasteiger partial charge in [0.05, 0.1) is 36.9 Å². The van der Waals surface area contributed by atoms with E-state index in [2.05, 4.69) is 0 Å². The lowest BCUT2D eigenvalue weighted by molar-refractivity contribution is -0.344. The van der Waals surface area contributed by atoms with Crippen LogP contribution < -0.4 is 0 Å². The second-order valence-electron chi connectivity index (χ2n) is 18.5. The van der Waals surface area contributed by atoms with E-state index in [1.54, 1.807) is 71.0 Å². The molecule has 3 aliphatic rings. The number of rotatable bonds is 15. The van der Waals surface area contributed by atoms with Gasteiger partial charge in [0, 0.05) is 39.7 Å². The van der Waals surface area contributed by atoms with Gasteiger partial charge in [-0.15, -0.1) is 0 Å². The zero-order valence-corrected chi connectivity index (χ0v) is 40.8. The topological polar surface area (TPSA) is 321 Å². The summed E-state index contributed by atoms with van der Waals surface area (Å²) < 4.78 is 48.6. The van der Waals surface area contributed by atoms with Crippen molar-refractivity contribution >= 4 is 36.1 Å². The molecule has 390 valence electrons. The number of carboxylic acid groups (broad SMARTS) is 2. The molecule has 18 atom stereocenters. The van der Waals surface area contributed by atoms with Gasteiger partial charge in [0.25, 0.3) is 0 Å². The Morgan fingerprint density at radius 1 is 0.926 bits per heavy atom. The van der Waals surface area contributed by atoms with Gasteiger partial charge >= 0.3 is 29.8 Å². The normalized spacial score (nSPS) is 37.0. The molecule has 0 aliphatic carbocycles. The number of hydrogen-bond donors (Lipinski definition) is 7. The molecule has 2 saturated heterocycles. The molecule has 0 bridgehead atoms. The number of aldehydes is 1. The molecule has 3 rings (SSSR count). The highest BCUT2D eigenvalue weighted by atomic mass is 16.7. The number of methoxy groups -OCH3 is 1. The molecule has 0 aromatic rings. The maximum absolute atomic E-state index is 13.2. The highest BCUT2D eigenvalue weighted by molar-refractivity contribution is 5.83. The van der Waals surface area contributed by atoms with Crippen LogP contribution in [0, 0.1) is 17.8 Å². The minimum atomic E-state index is -2.27. The number of hydrogen-bond acceptors (Lipinski definition) is 20. The Morgan fingerprint density at radius 2 is 1.54 bits per heavy atom. The number of cyclic esters (lactones) is 1. The zero-order valence-electron chi connectivity index (χ0n) is 40.8. The predicted octanol–water partition coefficient (Wildman–Crippen LogP) is 0.891.